The Morgan fingerprint density at radius 1 is 1.10 bits per heavy atom. The maximum atomic E-state index is 13.9. The second-order valence-electron chi connectivity index (χ2n) is 9.80. The second-order valence-corrected chi connectivity index (χ2v) is 9.80. The predicted molar refractivity (Wildman–Crippen MR) is 156 cm³/mol. The fourth-order valence-corrected chi connectivity index (χ4v) is 4.96. The Hall–Kier alpha value is -4.78. The van der Waals surface area contributed by atoms with Gasteiger partial charge in [0.2, 0.25) is 0 Å². The molecule has 1 aliphatic carbocycles. The average molecular weight is 517 g/mol. The molecule has 0 aliphatic heterocycles. The van der Waals surface area contributed by atoms with Gasteiger partial charge in [-0.3, -0.25) is 10.1 Å². The monoisotopic (exact) mass is 516 g/mol. The van der Waals surface area contributed by atoms with E-state index in [0.29, 0.717) is 17.3 Å². The summed E-state index contributed by atoms with van der Waals surface area (Å²) < 4.78 is 13.9. The van der Waals surface area contributed by atoms with Crippen molar-refractivity contribution in [3.05, 3.63) is 109 Å². The molecule has 6 rings (SSSR count). The Labute approximate surface area is 226 Å². The van der Waals surface area contributed by atoms with Crippen molar-refractivity contribution in [2.24, 2.45) is 5.92 Å². The Morgan fingerprint density at radius 2 is 1.97 bits per heavy atom. The maximum Gasteiger partial charge on any atom is 0.135 e. The van der Waals surface area contributed by atoms with Gasteiger partial charge in [0.1, 0.15) is 17.0 Å². The molecule has 0 atom stereocenters. The summed E-state index contributed by atoms with van der Waals surface area (Å²) in [5.41, 5.74) is 9.10. The van der Waals surface area contributed by atoms with E-state index in [1.54, 1.807) is 12.3 Å². The quantitative estimate of drug-likeness (QED) is 0.185. The first-order valence-electron chi connectivity index (χ1n) is 13.1. The molecule has 1 aromatic carbocycles. The van der Waals surface area contributed by atoms with Crippen LogP contribution in [0.25, 0.3) is 50.2 Å². The van der Waals surface area contributed by atoms with Gasteiger partial charge in [-0.05, 0) is 79.8 Å². The Bertz CT molecular complexity index is 1780. The largest absolute Gasteiger partial charge is 0.359 e. The first-order chi connectivity index (χ1) is 19.0. The maximum absolute atomic E-state index is 13.9. The highest BCUT2D eigenvalue weighted by molar-refractivity contribution is 5.99. The standard InChI is InChI=1S/C32H29FN6/c1-4-20(17-24(5-2)35-19(3)21-8-6-9-21)26-12-13-28-31(37-26)32(39-38-28)29-18-25-27(36-29)14-15-34-30(25)22-10-7-11-23(33)16-22/h4-5,7,10-18,21,35-36H,2-3,6,8-9H2,1H3,(H,38,39)/b20-4+,24-17+. The Morgan fingerprint density at radius 3 is 2.72 bits per heavy atom. The van der Waals surface area contributed by atoms with E-state index in [1.165, 1.54) is 31.4 Å². The Kier molecular flexibility index (Phi) is 6.40. The van der Waals surface area contributed by atoms with Crippen LogP contribution >= 0.6 is 0 Å². The number of pyridine rings is 2. The summed E-state index contributed by atoms with van der Waals surface area (Å²) >= 11 is 0. The van der Waals surface area contributed by atoms with Gasteiger partial charge >= 0.3 is 0 Å². The van der Waals surface area contributed by atoms with Crippen molar-refractivity contribution < 1.29 is 4.39 Å². The molecule has 3 N–H and O–H groups in total. The van der Waals surface area contributed by atoms with Gasteiger partial charge in [-0.2, -0.15) is 5.10 Å². The van der Waals surface area contributed by atoms with Gasteiger partial charge in [0.25, 0.3) is 0 Å². The van der Waals surface area contributed by atoms with Crippen LogP contribution in [0, 0.1) is 11.7 Å². The molecule has 1 aliphatic rings. The Balaban J connectivity index is 1.37. The van der Waals surface area contributed by atoms with Crippen LogP contribution in [0.4, 0.5) is 4.39 Å². The SMILES string of the molecule is C=C/C(=C\C(=C/C)c1ccc2[nH]nc(-c3cc4c(-c5cccc(F)c5)nccc4[nH]3)c2n1)NC(=C)C1CCC1. The molecule has 0 bridgehead atoms. The normalized spacial score (nSPS) is 14.5. The highest BCUT2D eigenvalue weighted by Crippen LogP contribution is 2.34. The third kappa shape index (κ3) is 4.68. The second kappa shape index (κ2) is 10.2. The number of nitrogens with zero attached hydrogens (tertiary/aromatic N) is 3. The molecule has 6 nitrogen and oxygen atoms in total. The zero-order valence-corrected chi connectivity index (χ0v) is 21.8. The smallest absolute Gasteiger partial charge is 0.135 e. The number of halogens is 1. The van der Waals surface area contributed by atoms with Crippen molar-refractivity contribution in [1.82, 2.24) is 30.5 Å². The van der Waals surface area contributed by atoms with E-state index in [9.17, 15) is 4.39 Å². The van der Waals surface area contributed by atoms with E-state index >= 15 is 0 Å². The summed E-state index contributed by atoms with van der Waals surface area (Å²) in [5.74, 6) is 0.228. The molecule has 0 unspecified atom stereocenters. The van der Waals surface area contributed by atoms with Crippen molar-refractivity contribution in [2.45, 2.75) is 26.2 Å². The van der Waals surface area contributed by atoms with E-state index in [2.05, 4.69) is 38.6 Å². The van der Waals surface area contributed by atoms with Gasteiger partial charge in [-0.25, -0.2) is 9.37 Å². The number of fused-ring (bicyclic) bond motifs is 2. The molecule has 0 radical (unpaired) electrons. The summed E-state index contributed by atoms with van der Waals surface area (Å²) in [7, 11) is 0. The number of rotatable bonds is 8. The minimum Gasteiger partial charge on any atom is -0.359 e. The number of hydrogen-bond acceptors (Lipinski definition) is 4. The number of allylic oxidation sites excluding steroid dienone is 5. The van der Waals surface area contributed by atoms with Crippen LogP contribution in [-0.4, -0.2) is 25.1 Å². The average Bonchev–Trinajstić information content (AvgIpc) is 3.53. The van der Waals surface area contributed by atoms with Crippen molar-refractivity contribution in [2.75, 3.05) is 0 Å². The molecule has 1 fully saturated rings. The molecule has 4 aromatic heterocycles. The molecular weight excluding hydrogens is 487 g/mol. The van der Waals surface area contributed by atoms with Gasteiger partial charge in [-0.1, -0.05) is 37.8 Å². The van der Waals surface area contributed by atoms with Crippen LogP contribution < -0.4 is 5.32 Å². The van der Waals surface area contributed by atoms with Gasteiger partial charge in [0, 0.05) is 34.1 Å². The highest BCUT2D eigenvalue weighted by Gasteiger charge is 2.21. The fraction of sp³-hybridized carbons (Fsp3) is 0.156. The fourth-order valence-electron chi connectivity index (χ4n) is 4.96. The van der Waals surface area contributed by atoms with E-state index in [-0.39, 0.29) is 5.82 Å². The molecule has 39 heavy (non-hydrogen) atoms. The van der Waals surface area contributed by atoms with Gasteiger partial charge in [0.05, 0.1) is 22.6 Å². The predicted octanol–water partition coefficient (Wildman–Crippen LogP) is 7.68. The van der Waals surface area contributed by atoms with E-state index < -0.39 is 0 Å². The minimum atomic E-state index is -0.298. The third-order valence-electron chi connectivity index (χ3n) is 7.35. The summed E-state index contributed by atoms with van der Waals surface area (Å²) in [6.45, 7) is 10.2. The van der Waals surface area contributed by atoms with Gasteiger partial charge < -0.3 is 10.3 Å². The first-order valence-corrected chi connectivity index (χ1v) is 13.1. The number of aromatic nitrogens is 5. The zero-order chi connectivity index (χ0) is 26.9. The van der Waals surface area contributed by atoms with E-state index in [1.807, 2.05) is 55.5 Å². The molecule has 4 heterocycles. The highest BCUT2D eigenvalue weighted by atomic mass is 19.1. The zero-order valence-electron chi connectivity index (χ0n) is 21.8. The van der Waals surface area contributed by atoms with E-state index in [0.717, 1.165) is 55.9 Å². The lowest BCUT2D eigenvalue weighted by atomic mass is 9.83. The number of H-pyrrole nitrogens is 2. The molecule has 7 heteroatoms. The minimum absolute atomic E-state index is 0.298. The van der Waals surface area contributed by atoms with Crippen LogP contribution in [0.3, 0.4) is 0 Å². The number of aromatic amines is 2. The van der Waals surface area contributed by atoms with Gasteiger partial charge in [-0.15, -0.1) is 0 Å². The van der Waals surface area contributed by atoms with Crippen molar-refractivity contribution in [3.63, 3.8) is 0 Å². The lowest BCUT2D eigenvalue weighted by molar-refractivity contribution is 0.356. The van der Waals surface area contributed by atoms with Crippen LogP contribution in [0.2, 0.25) is 0 Å². The molecule has 0 amide bonds. The third-order valence-corrected chi connectivity index (χ3v) is 7.35. The van der Waals surface area contributed by atoms with Crippen molar-refractivity contribution >= 4 is 27.5 Å². The molecule has 5 aromatic rings. The van der Waals surface area contributed by atoms with Crippen LogP contribution in [0.15, 0.2) is 97.5 Å². The van der Waals surface area contributed by atoms with Crippen molar-refractivity contribution in [3.8, 4) is 22.6 Å². The molecule has 0 saturated heterocycles. The number of nitrogens with one attached hydrogen (secondary N) is 3. The van der Waals surface area contributed by atoms with Crippen LogP contribution in [0.1, 0.15) is 31.9 Å². The number of benzene rings is 1. The summed E-state index contributed by atoms with van der Waals surface area (Å²) in [4.78, 5) is 13.0. The molecule has 0 spiro atoms. The van der Waals surface area contributed by atoms with Crippen LogP contribution in [-0.2, 0) is 0 Å². The summed E-state index contributed by atoms with van der Waals surface area (Å²) in [5, 5.41) is 12.0. The molecule has 1 saturated carbocycles. The summed E-state index contributed by atoms with van der Waals surface area (Å²) in [6.07, 6.45) is 11.2. The van der Waals surface area contributed by atoms with Gasteiger partial charge in [0.15, 0.2) is 0 Å². The lowest BCUT2D eigenvalue weighted by Gasteiger charge is -2.28. The van der Waals surface area contributed by atoms with Crippen molar-refractivity contribution in [1.29, 1.82) is 0 Å². The summed E-state index contributed by atoms with van der Waals surface area (Å²) in [6, 6.07) is 14.3. The van der Waals surface area contributed by atoms with E-state index in [4.69, 9.17) is 4.98 Å². The molecular formula is C32H29FN6. The molecule has 194 valence electrons. The first kappa shape index (κ1) is 24.6. The number of hydrogen-bond donors (Lipinski definition) is 3. The van der Waals surface area contributed by atoms with Crippen LogP contribution in [0.5, 0.6) is 0 Å². The topological polar surface area (TPSA) is 82.3 Å². The lowest BCUT2D eigenvalue weighted by Crippen LogP contribution is -2.23.